The van der Waals surface area contributed by atoms with Crippen LogP contribution in [0.5, 0.6) is 0 Å². The summed E-state index contributed by atoms with van der Waals surface area (Å²) in [6.07, 6.45) is 1.68. The Hall–Kier alpha value is -2.85. The van der Waals surface area contributed by atoms with Gasteiger partial charge in [-0.3, -0.25) is 20.2 Å². The largest absolute Gasteiger partial charge is 0.469 e. The number of unbranched alkanes of at least 4 members (excludes halogenated alkanes) is 1. The number of hydrogen-bond acceptors (Lipinski definition) is 8. The van der Waals surface area contributed by atoms with Gasteiger partial charge in [-0.2, -0.15) is 0 Å². The summed E-state index contributed by atoms with van der Waals surface area (Å²) in [6.45, 7) is 13.8. The van der Waals surface area contributed by atoms with E-state index in [0.717, 1.165) is 12.8 Å². The molecule has 4 atom stereocenters. The molecular formula is C25H44N4O7. The van der Waals surface area contributed by atoms with E-state index >= 15 is 0 Å². The number of alkyl carbamates (subject to hydrolysis) is 2. The van der Waals surface area contributed by atoms with Gasteiger partial charge in [0.2, 0.25) is 11.9 Å². The number of guanidine groups is 1. The van der Waals surface area contributed by atoms with Crippen molar-refractivity contribution in [3.63, 3.8) is 0 Å². The number of rotatable bonds is 7. The quantitative estimate of drug-likeness (QED) is 0.204. The maximum absolute atomic E-state index is 12.5. The molecular weight excluding hydrogens is 468 g/mol. The molecule has 11 nitrogen and oxygen atoms in total. The van der Waals surface area contributed by atoms with Crippen molar-refractivity contribution in [2.75, 3.05) is 7.11 Å². The first-order valence-electron chi connectivity index (χ1n) is 12.5. The Kier molecular flexibility index (Phi) is 11.7. The topological polar surface area (TPSA) is 144 Å². The van der Waals surface area contributed by atoms with Crippen LogP contribution in [0.25, 0.3) is 0 Å². The van der Waals surface area contributed by atoms with Crippen LogP contribution >= 0.6 is 0 Å². The number of nitrogens with one attached hydrogen (secondary N) is 3. The minimum absolute atomic E-state index is 0.156. The number of methoxy groups -OCH3 is 1. The zero-order valence-electron chi connectivity index (χ0n) is 23.1. The number of carbonyl (C=O) groups excluding carboxylic acids is 4. The second-order valence-corrected chi connectivity index (χ2v) is 11.1. The molecule has 1 fully saturated rings. The first kappa shape index (κ1) is 31.2. The van der Waals surface area contributed by atoms with Crippen molar-refractivity contribution < 1.29 is 33.4 Å². The second kappa shape index (κ2) is 13.5. The summed E-state index contributed by atoms with van der Waals surface area (Å²) in [6, 6.07) is -0.738. The minimum atomic E-state index is -0.805. The van der Waals surface area contributed by atoms with Crippen molar-refractivity contribution in [3.8, 4) is 0 Å². The van der Waals surface area contributed by atoms with Gasteiger partial charge in [0, 0.05) is 18.9 Å². The molecule has 1 rings (SSSR count). The molecule has 3 N–H and O–H groups in total. The van der Waals surface area contributed by atoms with Crippen molar-refractivity contribution >= 4 is 30.0 Å². The average molecular weight is 513 g/mol. The lowest BCUT2D eigenvalue weighted by Gasteiger charge is -2.28. The number of hydrogen-bond donors (Lipinski definition) is 3. The lowest BCUT2D eigenvalue weighted by Crippen LogP contribution is -2.48. The van der Waals surface area contributed by atoms with Crippen molar-refractivity contribution in [2.45, 2.75) is 111 Å². The number of nitrogens with zero attached hydrogens (tertiary/aromatic N) is 1. The molecule has 0 heterocycles. The third-order valence-corrected chi connectivity index (χ3v) is 5.42. The van der Waals surface area contributed by atoms with E-state index in [1.165, 1.54) is 14.0 Å². The molecule has 1 saturated carbocycles. The molecule has 11 heteroatoms. The van der Waals surface area contributed by atoms with Gasteiger partial charge in [0.05, 0.1) is 19.1 Å². The molecule has 0 bridgehead atoms. The zero-order valence-corrected chi connectivity index (χ0v) is 23.1. The van der Waals surface area contributed by atoms with E-state index < -0.39 is 35.3 Å². The SMILES string of the molecule is CCCC[C@@H](NC(C)=O)[C@@H]1C[C@@H](C(=O)OC)C[C@H]1N=C(NC(=O)OC(C)(C)C)NC(=O)OC(C)(C)C. The summed E-state index contributed by atoms with van der Waals surface area (Å²) >= 11 is 0. The summed E-state index contributed by atoms with van der Waals surface area (Å²) in [4.78, 5) is 53.9. The van der Waals surface area contributed by atoms with E-state index in [-0.39, 0.29) is 29.8 Å². The highest BCUT2D eigenvalue weighted by Gasteiger charge is 2.43. The van der Waals surface area contributed by atoms with Gasteiger partial charge in [0.15, 0.2) is 0 Å². The van der Waals surface area contributed by atoms with Gasteiger partial charge >= 0.3 is 18.2 Å². The van der Waals surface area contributed by atoms with Crippen LogP contribution in [-0.2, 0) is 23.8 Å². The van der Waals surface area contributed by atoms with Crippen molar-refractivity contribution in [1.29, 1.82) is 0 Å². The Balaban J connectivity index is 3.35. The molecule has 0 aromatic heterocycles. The molecule has 0 saturated heterocycles. The smallest absolute Gasteiger partial charge is 0.414 e. The predicted molar refractivity (Wildman–Crippen MR) is 135 cm³/mol. The van der Waals surface area contributed by atoms with Gasteiger partial charge in [0.1, 0.15) is 11.2 Å². The first-order valence-corrected chi connectivity index (χ1v) is 12.5. The monoisotopic (exact) mass is 512 g/mol. The van der Waals surface area contributed by atoms with Crippen molar-refractivity contribution in [2.24, 2.45) is 16.8 Å². The highest BCUT2D eigenvalue weighted by molar-refractivity contribution is 6.01. The molecule has 0 unspecified atom stereocenters. The fourth-order valence-corrected chi connectivity index (χ4v) is 4.13. The van der Waals surface area contributed by atoms with Gasteiger partial charge < -0.3 is 19.5 Å². The van der Waals surface area contributed by atoms with Crippen LogP contribution in [0.1, 0.15) is 87.5 Å². The Morgan fingerprint density at radius 3 is 1.89 bits per heavy atom. The molecule has 0 aliphatic heterocycles. The average Bonchev–Trinajstić information content (AvgIpc) is 3.10. The molecule has 206 valence electrons. The van der Waals surface area contributed by atoms with E-state index in [1.54, 1.807) is 41.5 Å². The number of amides is 3. The summed E-state index contributed by atoms with van der Waals surface area (Å²) in [5, 5.41) is 7.98. The third kappa shape index (κ3) is 11.7. The Morgan fingerprint density at radius 1 is 0.944 bits per heavy atom. The Morgan fingerprint density at radius 2 is 1.47 bits per heavy atom. The molecule has 1 aliphatic rings. The van der Waals surface area contributed by atoms with Crippen LogP contribution < -0.4 is 16.0 Å². The lowest BCUT2D eigenvalue weighted by atomic mass is 9.90. The van der Waals surface area contributed by atoms with E-state index in [9.17, 15) is 19.2 Å². The van der Waals surface area contributed by atoms with E-state index in [2.05, 4.69) is 27.9 Å². The van der Waals surface area contributed by atoms with Crippen LogP contribution in [-0.4, -0.2) is 60.4 Å². The maximum Gasteiger partial charge on any atom is 0.414 e. The lowest BCUT2D eigenvalue weighted by molar-refractivity contribution is -0.145. The zero-order chi connectivity index (χ0) is 27.7. The highest BCUT2D eigenvalue weighted by atomic mass is 16.6. The summed E-state index contributed by atoms with van der Waals surface area (Å²) in [7, 11) is 1.33. The first-order chi connectivity index (χ1) is 16.5. The van der Waals surface area contributed by atoms with Crippen LogP contribution in [0, 0.1) is 11.8 Å². The summed E-state index contributed by atoms with van der Waals surface area (Å²) < 4.78 is 15.6. The predicted octanol–water partition coefficient (Wildman–Crippen LogP) is 3.65. The maximum atomic E-state index is 12.5. The fourth-order valence-electron chi connectivity index (χ4n) is 4.13. The number of carbonyl (C=O) groups is 4. The van der Waals surface area contributed by atoms with Crippen molar-refractivity contribution in [1.82, 2.24) is 16.0 Å². The molecule has 0 radical (unpaired) electrons. The number of aliphatic imine (C=N–C) groups is 1. The van der Waals surface area contributed by atoms with Gasteiger partial charge in [-0.15, -0.1) is 0 Å². The molecule has 3 amide bonds. The summed E-state index contributed by atoms with van der Waals surface area (Å²) in [5.74, 6) is -1.36. The Labute approximate surface area is 214 Å². The van der Waals surface area contributed by atoms with Gasteiger partial charge in [-0.1, -0.05) is 19.8 Å². The summed E-state index contributed by atoms with van der Waals surface area (Å²) in [5.41, 5.74) is -1.55. The highest BCUT2D eigenvalue weighted by Crippen LogP contribution is 2.38. The molecule has 36 heavy (non-hydrogen) atoms. The van der Waals surface area contributed by atoms with Crippen LogP contribution in [0.15, 0.2) is 4.99 Å². The fraction of sp³-hybridized carbons (Fsp3) is 0.800. The van der Waals surface area contributed by atoms with Crippen LogP contribution in [0.2, 0.25) is 0 Å². The van der Waals surface area contributed by atoms with Crippen LogP contribution in [0.4, 0.5) is 9.59 Å². The molecule has 0 spiro atoms. The molecule has 0 aromatic carbocycles. The standard InChI is InChI=1S/C25H44N4O7/c1-10-11-12-18(26-15(2)30)17-13-16(20(31)34-9)14-19(17)27-21(28-22(32)35-24(3,4)5)29-23(33)36-25(6,7)8/h16-19H,10-14H2,1-9H3,(H,26,30)(H2,27,28,29,32,33)/t16-,17+,18-,19-/m1/s1. The van der Waals surface area contributed by atoms with E-state index in [0.29, 0.717) is 19.3 Å². The normalized spacial score (nSPS) is 20.5. The van der Waals surface area contributed by atoms with Gasteiger partial charge in [-0.05, 0) is 60.8 Å². The van der Waals surface area contributed by atoms with Crippen molar-refractivity contribution in [3.05, 3.63) is 0 Å². The van der Waals surface area contributed by atoms with E-state index in [1.807, 2.05) is 0 Å². The second-order valence-electron chi connectivity index (χ2n) is 11.1. The third-order valence-electron chi connectivity index (χ3n) is 5.42. The van der Waals surface area contributed by atoms with Gasteiger partial charge in [0.25, 0.3) is 0 Å². The molecule has 0 aromatic rings. The number of esters is 1. The van der Waals surface area contributed by atoms with Crippen LogP contribution in [0.3, 0.4) is 0 Å². The van der Waals surface area contributed by atoms with Gasteiger partial charge in [-0.25, -0.2) is 14.6 Å². The number of ether oxygens (including phenoxy) is 3. The Bertz CT molecular complexity index is 782. The van der Waals surface area contributed by atoms with E-state index in [4.69, 9.17) is 14.2 Å². The minimum Gasteiger partial charge on any atom is -0.469 e. The molecule has 1 aliphatic carbocycles.